The average molecular weight is 338 g/mol. The molecule has 1 fully saturated rings. The molecule has 0 atom stereocenters. The van der Waals surface area contributed by atoms with Crippen LogP contribution >= 0.6 is 0 Å². The van der Waals surface area contributed by atoms with E-state index in [4.69, 9.17) is 5.11 Å². The fourth-order valence-corrected chi connectivity index (χ4v) is 3.99. The van der Waals surface area contributed by atoms with Crippen LogP contribution in [0.5, 0.6) is 0 Å². The Hall–Kier alpha value is -1.70. The van der Waals surface area contributed by atoms with Crippen LogP contribution in [-0.2, 0) is 14.8 Å². The number of aliphatic carboxylic acids is 1. The van der Waals surface area contributed by atoms with Crippen molar-refractivity contribution in [1.29, 1.82) is 0 Å². The molecule has 1 saturated carbocycles. The number of hydrogen-bond donors (Lipinski definition) is 2. The molecule has 1 aromatic rings. The van der Waals surface area contributed by atoms with E-state index in [1.807, 2.05) is 11.8 Å². The predicted molar refractivity (Wildman–Crippen MR) is 88.5 cm³/mol. The smallest absolute Gasteiger partial charge is 0.317 e. The first kappa shape index (κ1) is 17.7. The quantitative estimate of drug-likeness (QED) is 0.751. The highest BCUT2D eigenvalue weighted by atomic mass is 32.2. The van der Waals surface area contributed by atoms with Gasteiger partial charge in [0.1, 0.15) is 0 Å². The van der Waals surface area contributed by atoms with Gasteiger partial charge in [0.25, 0.3) is 0 Å². The number of sulfonamides is 1. The molecule has 0 unspecified atom stereocenters. The maximum absolute atomic E-state index is 12.3. The van der Waals surface area contributed by atoms with Crippen LogP contribution in [0.15, 0.2) is 35.7 Å². The first-order valence-electron chi connectivity index (χ1n) is 7.56. The highest BCUT2D eigenvalue weighted by molar-refractivity contribution is 7.89. The monoisotopic (exact) mass is 338 g/mol. The van der Waals surface area contributed by atoms with Crippen molar-refractivity contribution in [3.05, 3.63) is 36.4 Å². The number of carboxylic acids is 1. The summed E-state index contributed by atoms with van der Waals surface area (Å²) in [5.41, 5.74) is 0.861. The lowest BCUT2D eigenvalue weighted by Gasteiger charge is -2.42. The summed E-state index contributed by atoms with van der Waals surface area (Å²) in [5.74, 6) is -0.863. The molecule has 0 spiro atoms. The number of nitrogens with zero attached hydrogens (tertiary/aromatic N) is 1. The molecule has 0 radical (unpaired) electrons. The largest absolute Gasteiger partial charge is 0.480 e. The second-order valence-corrected chi connectivity index (χ2v) is 7.39. The molecule has 0 aliphatic heterocycles. The maximum Gasteiger partial charge on any atom is 0.317 e. The third kappa shape index (κ3) is 4.40. The first-order valence-corrected chi connectivity index (χ1v) is 9.04. The maximum atomic E-state index is 12.3. The van der Waals surface area contributed by atoms with E-state index in [2.05, 4.69) is 11.3 Å². The van der Waals surface area contributed by atoms with Gasteiger partial charge in [-0.05, 0) is 37.1 Å². The molecule has 0 amide bonds. The van der Waals surface area contributed by atoms with Crippen LogP contribution < -0.4 is 4.72 Å². The van der Waals surface area contributed by atoms with Crippen molar-refractivity contribution in [2.75, 3.05) is 13.1 Å². The van der Waals surface area contributed by atoms with Gasteiger partial charge < -0.3 is 5.11 Å². The zero-order valence-electron chi connectivity index (χ0n) is 13.1. The summed E-state index contributed by atoms with van der Waals surface area (Å²) in [7, 11) is -3.54. The Balaban J connectivity index is 1.93. The van der Waals surface area contributed by atoms with Gasteiger partial charge >= 0.3 is 5.97 Å². The molecular weight excluding hydrogens is 316 g/mol. The Morgan fingerprint density at radius 1 is 1.39 bits per heavy atom. The van der Waals surface area contributed by atoms with E-state index in [0.717, 1.165) is 5.56 Å². The minimum atomic E-state index is -3.54. The molecule has 0 bridgehead atoms. The minimum Gasteiger partial charge on any atom is -0.480 e. The number of benzene rings is 1. The van der Waals surface area contributed by atoms with Gasteiger partial charge in [-0.25, -0.2) is 13.1 Å². The summed E-state index contributed by atoms with van der Waals surface area (Å²) in [6, 6.07) is 6.49. The van der Waals surface area contributed by atoms with Crippen LogP contribution in [0, 0.1) is 0 Å². The molecular formula is C16H22N2O4S. The SMILES string of the molecule is C=Cc1ccc(S(=O)(=O)NC2CC(N(CC)CC(=O)O)C2)cc1. The van der Waals surface area contributed by atoms with Crippen LogP contribution in [0.25, 0.3) is 6.08 Å². The minimum absolute atomic E-state index is 0.0103. The predicted octanol–water partition coefficient (Wildman–Crippen LogP) is 1.55. The van der Waals surface area contributed by atoms with Crippen LogP contribution in [0.4, 0.5) is 0 Å². The van der Waals surface area contributed by atoms with E-state index in [9.17, 15) is 13.2 Å². The second-order valence-electron chi connectivity index (χ2n) is 5.67. The Morgan fingerprint density at radius 2 is 2.00 bits per heavy atom. The third-order valence-electron chi connectivity index (χ3n) is 4.12. The van der Waals surface area contributed by atoms with Crippen LogP contribution in [0.2, 0.25) is 0 Å². The van der Waals surface area contributed by atoms with Crippen molar-refractivity contribution >= 4 is 22.1 Å². The first-order chi connectivity index (χ1) is 10.9. The molecule has 6 nitrogen and oxygen atoms in total. The Labute approximate surface area is 136 Å². The number of hydrogen-bond acceptors (Lipinski definition) is 4. The zero-order valence-corrected chi connectivity index (χ0v) is 13.9. The van der Waals surface area contributed by atoms with Gasteiger partial charge in [0, 0.05) is 12.1 Å². The average Bonchev–Trinajstić information content (AvgIpc) is 2.48. The topological polar surface area (TPSA) is 86.7 Å². The summed E-state index contributed by atoms with van der Waals surface area (Å²) in [5, 5.41) is 8.87. The van der Waals surface area contributed by atoms with E-state index >= 15 is 0 Å². The lowest BCUT2D eigenvalue weighted by atomic mass is 9.86. The van der Waals surface area contributed by atoms with Crippen molar-refractivity contribution < 1.29 is 18.3 Å². The normalized spacial score (nSPS) is 21.0. The summed E-state index contributed by atoms with van der Waals surface area (Å²) in [4.78, 5) is 12.9. The summed E-state index contributed by atoms with van der Waals surface area (Å²) >= 11 is 0. The van der Waals surface area contributed by atoms with E-state index in [0.29, 0.717) is 19.4 Å². The van der Waals surface area contributed by atoms with Gasteiger partial charge in [0.05, 0.1) is 11.4 Å². The molecule has 0 heterocycles. The van der Waals surface area contributed by atoms with Gasteiger partial charge in [-0.1, -0.05) is 31.7 Å². The number of likely N-dealkylation sites (N-methyl/N-ethyl adjacent to an activating group) is 1. The highest BCUT2D eigenvalue weighted by Crippen LogP contribution is 2.27. The molecule has 23 heavy (non-hydrogen) atoms. The molecule has 0 saturated heterocycles. The Morgan fingerprint density at radius 3 is 2.48 bits per heavy atom. The number of rotatable bonds is 8. The standard InChI is InChI=1S/C16H22N2O4S/c1-3-12-5-7-15(8-6-12)23(21,22)17-13-9-14(10-13)18(4-2)11-16(19)20/h3,5-8,13-14,17H,1,4,9-11H2,2H3,(H,19,20). The van der Waals surface area contributed by atoms with Crippen LogP contribution in [0.1, 0.15) is 25.3 Å². The fraction of sp³-hybridized carbons (Fsp3) is 0.438. The van der Waals surface area contributed by atoms with Crippen molar-refractivity contribution in [3.8, 4) is 0 Å². The molecule has 1 aromatic carbocycles. The molecule has 0 aromatic heterocycles. The highest BCUT2D eigenvalue weighted by Gasteiger charge is 2.36. The lowest BCUT2D eigenvalue weighted by molar-refractivity contribution is -0.139. The summed E-state index contributed by atoms with van der Waals surface area (Å²) in [6.45, 7) is 6.17. The number of nitrogens with one attached hydrogen (secondary N) is 1. The fourth-order valence-electron chi connectivity index (χ4n) is 2.73. The summed E-state index contributed by atoms with van der Waals surface area (Å²) in [6.07, 6.45) is 2.92. The zero-order chi connectivity index (χ0) is 17.0. The molecule has 7 heteroatoms. The third-order valence-corrected chi connectivity index (χ3v) is 5.66. The van der Waals surface area contributed by atoms with Gasteiger partial charge in [-0.15, -0.1) is 0 Å². The van der Waals surface area contributed by atoms with Gasteiger partial charge in [-0.3, -0.25) is 9.69 Å². The van der Waals surface area contributed by atoms with Gasteiger partial charge in [0.15, 0.2) is 0 Å². The molecule has 2 rings (SSSR count). The van der Waals surface area contributed by atoms with Crippen LogP contribution in [0.3, 0.4) is 0 Å². The van der Waals surface area contributed by atoms with Gasteiger partial charge in [-0.2, -0.15) is 0 Å². The van der Waals surface area contributed by atoms with E-state index in [-0.39, 0.29) is 23.5 Å². The van der Waals surface area contributed by atoms with Crippen molar-refractivity contribution in [2.24, 2.45) is 0 Å². The van der Waals surface area contributed by atoms with E-state index < -0.39 is 16.0 Å². The molecule has 2 N–H and O–H groups in total. The lowest BCUT2D eigenvalue weighted by Crippen LogP contribution is -2.54. The second kappa shape index (κ2) is 7.25. The van der Waals surface area contributed by atoms with Crippen molar-refractivity contribution in [2.45, 2.75) is 36.7 Å². The van der Waals surface area contributed by atoms with Crippen LogP contribution in [-0.4, -0.2) is 49.6 Å². The Kier molecular flexibility index (Phi) is 5.56. The van der Waals surface area contributed by atoms with Gasteiger partial charge in [0.2, 0.25) is 10.0 Å². The molecule has 1 aliphatic carbocycles. The number of carboxylic acid groups (broad SMARTS) is 1. The Bertz CT molecular complexity index is 664. The van der Waals surface area contributed by atoms with E-state index in [1.54, 1.807) is 30.3 Å². The summed E-state index contributed by atoms with van der Waals surface area (Å²) < 4.78 is 27.3. The molecule has 126 valence electrons. The van der Waals surface area contributed by atoms with Crippen molar-refractivity contribution in [3.63, 3.8) is 0 Å². The van der Waals surface area contributed by atoms with Crippen molar-refractivity contribution in [1.82, 2.24) is 9.62 Å². The number of carbonyl (C=O) groups is 1. The molecule has 1 aliphatic rings. The van der Waals surface area contributed by atoms with E-state index in [1.165, 1.54) is 0 Å².